The minimum absolute atomic E-state index is 0. The van der Waals surface area contributed by atoms with Crippen LogP contribution in [0.25, 0.3) is 0 Å². The van der Waals surface area contributed by atoms with Crippen molar-refractivity contribution in [3.8, 4) is 0 Å². The Labute approximate surface area is 202 Å². The number of hydrogen-bond acceptors (Lipinski definition) is 7. The van der Waals surface area contributed by atoms with E-state index in [1.165, 1.54) is 6.26 Å². The Bertz CT molecular complexity index is 958. The van der Waals surface area contributed by atoms with Crippen molar-refractivity contribution in [2.75, 3.05) is 25.0 Å². The number of amides is 2. The van der Waals surface area contributed by atoms with Crippen molar-refractivity contribution < 1.29 is 45.3 Å². The zero-order valence-electron chi connectivity index (χ0n) is 18.4. The standard InChI is InChI=1S/C23H28N4O5.BrH/c28-21(23(30,17-5-1-2-6-17)19-7-4-14-31-19)32-18-15-27(12-9-16(18)10-13-27)22(29)25-20-8-3-11-24-26-20;/h3-4,7-8,11,14,16-18,30H,1-2,5-6,9-10,12-13,15H2;1H/t16?,18-,23?,27?;/m0./s1. The highest BCUT2D eigenvalue weighted by Gasteiger charge is 2.56. The summed E-state index contributed by atoms with van der Waals surface area (Å²) in [5, 5.41) is 22.1. The largest absolute Gasteiger partial charge is 1.00 e. The first kappa shape index (κ1) is 23.8. The van der Waals surface area contributed by atoms with Crippen LogP contribution >= 0.6 is 0 Å². The van der Waals surface area contributed by atoms with Crippen molar-refractivity contribution >= 4 is 17.8 Å². The van der Waals surface area contributed by atoms with Crippen LogP contribution in [0.3, 0.4) is 0 Å². The van der Waals surface area contributed by atoms with Crippen molar-refractivity contribution in [2.45, 2.75) is 50.2 Å². The van der Waals surface area contributed by atoms with Crippen LogP contribution in [0.4, 0.5) is 10.6 Å². The molecule has 1 unspecified atom stereocenters. The first-order chi connectivity index (χ1) is 15.5. The van der Waals surface area contributed by atoms with Crippen LogP contribution in [0, 0.1) is 11.8 Å². The van der Waals surface area contributed by atoms with E-state index in [0.717, 1.165) is 38.5 Å². The number of urea groups is 1. The van der Waals surface area contributed by atoms with Crippen LogP contribution in [-0.4, -0.2) is 57.5 Å². The third kappa shape index (κ3) is 4.31. The fourth-order valence-electron chi connectivity index (χ4n) is 5.68. The van der Waals surface area contributed by atoms with Crippen molar-refractivity contribution in [3.05, 3.63) is 42.5 Å². The monoisotopic (exact) mass is 520 g/mol. The van der Waals surface area contributed by atoms with Crippen LogP contribution < -0.4 is 22.3 Å². The normalized spacial score (nSPS) is 28.5. The summed E-state index contributed by atoms with van der Waals surface area (Å²) < 4.78 is 11.6. The molecule has 0 aromatic carbocycles. The maximum absolute atomic E-state index is 13.4. The van der Waals surface area contributed by atoms with Gasteiger partial charge >= 0.3 is 12.0 Å². The topological polar surface area (TPSA) is 115 Å². The summed E-state index contributed by atoms with van der Waals surface area (Å²) >= 11 is 0. The molecule has 33 heavy (non-hydrogen) atoms. The molecule has 2 aromatic heterocycles. The van der Waals surface area contributed by atoms with E-state index in [9.17, 15) is 14.7 Å². The van der Waals surface area contributed by atoms with Gasteiger partial charge in [-0.25, -0.2) is 14.1 Å². The summed E-state index contributed by atoms with van der Waals surface area (Å²) in [6, 6.07) is 6.56. The van der Waals surface area contributed by atoms with Crippen molar-refractivity contribution in [1.29, 1.82) is 0 Å². The maximum Gasteiger partial charge on any atom is 0.422 e. The fraction of sp³-hybridized carbons (Fsp3) is 0.565. The van der Waals surface area contributed by atoms with Gasteiger partial charge in [-0.15, -0.1) is 5.10 Å². The lowest BCUT2D eigenvalue weighted by atomic mass is 9.82. The summed E-state index contributed by atoms with van der Waals surface area (Å²) in [6.45, 7) is 1.77. The van der Waals surface area contributed by atoms with Gasteiger partial charge in [-0.1, -0.05) is 12.8 Å². The number of esters is 1. The second-order valence-corrected chi connectivity index (χ2v) is 9.32. The van der Waals surface area contributed by atoms with Gasteiger partial charge in [0.15, 0.2) is 11.9 Å². The minimum atomic E-state index is -1.79. The molecule has 1 saturated carbocycles. The van der Waals surface area contributed by atoms with Gasteiger partial charge in [0, 0.05) is 30.9 Å². The number of nitrogens with one attached hydrogen (secondary N) is 1. The molecule has 4 fully saturated rings. The molecule has 178 valence electrons. The second-order valence-electron chi connectivity index (χ2n) is 9.32. The molecule has 2 bridgehead atoms. The molecule has 0 radical (unpaired) electrons. The third-order valence-corrected chi connectivity index (χ3v) is 7.56. The van der Waals surface area contributed by atoms with E-state index in [0.29, 0.717) is 25.5 Å². The molecule has 9 nitrogen and oxygen atoms in total. The number of nitrogens with zero attached hydrogens (tertiary/aromatic N) is 3. The average Bonchev–Trinajstić information content (AvgIpc) is 3.55. The molecule has 3 aliphatic heterocycles. The predicted molar refractivity (Wildman–Crippen MR) is 113 cm³/mol. The molecule has 1 aliphatic carbocycles. The van der Waals surface area contributed by atoms with Gasteiger partial charge < -0.3 is 31.2 Å². The predicted octanol–water partition coefficient (Wildman–Crippen LogP) is -0.164. The van der Waals surface area contributed by atoms with E-state index in [2.05, 4.69) is 15.5 Å². The summed E-state index contributed by atoms with van der Waals surface area (Å²) in [5.41, 5.74) is -1.79. The maximum atomic E-state index is 13.4. The highest BCUT2D eigenvalue weighted by molar-refractivity contribution is 5.83. The zero-order chi connectivity index (χ0) is 22.2. The minimum Gasteiger partial charge on any atom is -1.00 e. The number of piperidine rings is 3. The summed E-state index contributed by atoms with van der Waals surface area (Å²) in [6.07, 6.45) is 7.60. The number of rotatable bonds is 5. The van der Waals surface area contributed by atoms with Crippen LogP contribution in [0.5, 0.6) is 0 Å². The van der Waals surface area contributed by atoms with Crippen molar-refractivity contribution in [1.82, 2.24) is 10.2 Å². The van der Waals surface area contributed by atoms with E-state index in [1.54, 1.807) is 30.5 Å². The Balaban J connectivity index is 0.00000259. The smallest absolute Gasteiger partial charge is 0.422 e. The molecule has 5 heterocycles. The lowest BCUT2D eigenvalue weighted by molar-refractivity contribution is -0.869. The number of carbonyl (C=O) groups excluding carboxylic acids is 2. The van der Waals surface area contributed by atoms with Crippen LogP contribution in [0.1, 0.15) is 44.3 Å². The lowest BCUT2D eigenvalue weighted by Crippen LogP contribution is -3.00. The third-order valence-electron chi connectivity index (χ3n) is 7.56. The number of fused-ring (bicyclic) bond motifs is 3. The number of ether oxygens (including phenoxy) is 1. The van der Waals surface area contributed by atoms with Crippen LogP contribution in [-0.2, 0) is 15.1 Å². The van der Waals surface area contributed by atoms with E-state index < -0.39 is 17.7 Å². The zero-order valence-corrected chi connectivity index (χ0v) is 19.9. The van der Waals surface area contributed by atoms with E-state index in [1.807, 2.05) is 0 Å². The van der Waals surface area contributed by atoms with Crippen molar-refractivity contribution in [3.63, 3.8) is 0 Å². The average molecular weight is 521 g/mol. The van der Waals surface area contributed by atoms with Gasteiger partial charge in [0.05, 0.1) is 19.4 Å². The van der Waals surface area contributed by atoms with E-state index in [4.69, 9.17) is 9.15 Å². The second kappa shape index (κ2) is 9.52. The Kier molecular flexibility index (Phi) is 6.88. The lowest BCUT2D eigenvalue weighted by Gasteiger charge is -2.49. The van der Waals surface area contributed by atoms with Gasteiger partial charge in [-0.3, -0.25) is 5.32 Å². The number of hydrogen-bond donors (Lipinski definition) is 2. The van der Waals surface area contributed by atoms with Gasteiger partial charge in [-0.2, -0.15) is 5.10 Å². The van der Waals surface area contributed by atoms with Crippen LogP contribution in [0.2, 0.25) is 0 Å². The molecule has 3 saturated heterocycles. The molecule has 6 rings (SSSR count). The number of aliphatic hydroxyl groups is 1. The van der Waals surface area contributed by atoms with Crippen molar-refractivity contribution in [2.24, 2.45) is 11.8 Å². The molecule has 2 amide bonds. The number of quaternary nitrogens is 1. The quantitative estimate of drug-likeness (QED) is 0.415. The Morgan fingerprint density at radius 1 is 1.15 bits per heavy atom. The highest BCUT2D eigenvalue weighted by atomic mass is 79.9. The molecule has 4 aliphatic rings. The van der Waals surface area contributed by atoms with Crippen LogP contribution in [0.15, 0.2) is 41.1 Å². The molecule has 2 atom stereocenters. The Morgan fingerprint density at radius 2 is 1.91 bits per heavy atom. The SMILES string of the molecule is O=C(O[C@H]1C[N+]2(C(=O)Nc3cccnn3)CCC1CC2)C(O)(c1ccco1)C1CCCC1.[Br-]. The number of aromatic nitrogens is 2. The van der Waals surface area contributed by atoms with E-state index >= 15 is 0 Å². The first-order valence-electron chi connectivity index (χ1n) is 11.4. The van der Waals surface area contributed by atoms with Gasteiger partial charge in [0.1, 0.15) is 12.3 Å². The molecule has 10 heteroatoms. The summed E-state index contributed by atoms with van der Waals surface area (Å²) in [5.74, 6) is -0.0664. The number of furan rings is 1. The van der Waals surface area contributed by atoms with Gasteiger partial charge in [0.2, 0.25) is 5.60 Å². The summed E-state index contributed by atoms with van der Waals surface area (Å²) in [4.78, 5) is 26.6. The summed E-state index contributed by atoms with van der Waals surface area (Å²) in [7, 11) is 0. The van der Waals surface area contributed by atoms with Gasteiger partial charge in [-0.05, 0) is 37.1 Å². The molecular weight excluding hydrogens is 492 g/mol. The number of anilines is 1. The Morgan fingerprint density at radius 3 is 2.55 bits per heavy atom. The Hall–Kier alpha value is -2.30. The molecule has 2 aromatic rings. The number of halogens is 1. The molecular formula is C23H29BrN4O5. The molecule has 0 spiro atoms. The number of carbonyl (C=O) groups is 2. The highest BCUT2D eigenvalue weighted by Crippen LogP contribution is 2.43. The fourth-order valence-corrected chi connectivity index (χ4v) is 5.68. The van der Waals surface area contributed by atoms with E-state index in [-0.39, 0.29) is 45.1 Å². The van der Waals surface area contributed by atoms with Gasteiger partial charge in [0.25, 0.3) is 0 Å². The first-order valence-corrected chi connectivity index (χ1v) is 11.4. The molecule has 2 N–H and O–H groups in total.